The number of nitriles is 1. The third-order valence-electron chi connectivity index (χ3n) is 7.60. The summed E-state index contributed by atoms with van der Waals surface area (Å²) in [7, 11) is 1.41. The van der Waals surface area contributed by atoms with Gasteiger partial charge in [-0.1, -0.05) is 6.07 Å². The van der Waals surface area contributed by atoms with Crippen LogP contribution in [0.3, 0.4) is 0 Å². The molecule has 0 N–H and O–H groups in total. The summed E-state index contributed by atoms with van der Waals surface area (Å²) in [6.07, 6.45) is 1.84. The molecule has 4 heterocycles. The maximum atomic E-state index is 13.0. The number of benzene rings is 2. The molecule has 0 bridgehead atoms. The summed E-state index contributed by atoms with van der Waals surface area (Å²) in [6, 6.07) is 11.9. The number of hydrogen-bond donors (Lipinski definition) is 0. The predicted octanol–water partition coefficient (Wildman–Crippen LogP) is 5.30. The average Bonchev–Trinajstić information content (AvgIpc) is 3.55. The van der Waals surface area contributed by atoms with Crippen LogP contribution < -0.4 is 4.74 Å². The average molecular weight is 550 g/mol. The fourth-order valence-electron chi connectivity index (χ4n) is 5.53. The van der Waals surface area contributed by atoms with E-state index in [-0.39, 0.29) is 23.9 Å². The second-order valence-corrected chi connectivity index (χ2v) is 10.2. The normalized spacial score (nSPS) is 16.2. The van der Waals surface area contributed by atoms with Crippen molar-refractivity contribution < 1.29 is 27.1 Å². The number of alkyl halides is 3. The van der Waals surface area contributed by atoms with Crippen LogP contribution in [0.2, 0.25) is 0 Å². The summed E-state index contributed by atoms with van der Waals surface area (Å²) in [5, 5.41) is 14.2. The quantitative estimate of drug-likeness (QED) is 0.311. The Morgan fingerprint density at radius 2 is 2.00 bits per heavy atom. The van der Waals surface area contributed by atoms with Crippen molar-refractivity contribution >= 4 is 16.9 Å². The van der Waals surface area contributed by atoms with Gasteiger partial charge in [0.2, 0.25) is 0 Å². The first kappa shape index (κ1) is 26.0. The van der Waals surface area contributed by atoms with E-state index in [9.17, 15) is 18.0 Å². The summed E-state index contributed by atoms with van der Waals surface area (Å²) < 4.78 is 52.2. The minimum Gasteiger partial charge on any atom is -0.496 e. The molecule has 0 saturated carbocycles. The second-order valence-electron chi connectivity index (χ2n) is 10.2. The van der Waals surface area contributed by atoms with Crippen LogP contribution in [0, 0.1) is 11.3 Å². The lowest BCUT2D eigenvalue weighted by Gasteiger charge is -2.38. The lowest BCUT2D eigenvalue weighted by atomic mass is 9.92. The molecule has 0 radical (unpaired) electrons. The number of halogens is 3. The SMILES string of the molecule is COc1cc(-c2coc3cc(-c4cnn(C5CN(CCC#N)C5)c4)ccc23)cc2c1C(=O)N(CC(F)(F)F)CC2. The van der Waals surface area contributed by atoms with Crippen molar-refractivity contribution in [2.45, 2.75) is 25.1 Å². The van der Waals surface area contributed by atoms with Crippen molar-refractivity contribution in [1.29, 1.82) is 5.26 Å². The third-order valence-corrected chi connectivity index (χ3v) is 7.60. The van der Waals surface area contributed by atoms with E-state index in [1.54, 1.807) is 12.3 Å². The number of furan rings is 1. The van der Waals surface area contributed by atoms with Crippen molar-refractivity contribution in [2.24, 2.45) is 0 Å². The number of fused-ring (bicyclic) bond motifs is 2. The van der Waals surface area contributed by atoms with E-state index in [0.29, 0.717) is 24.0 Å². The van der Waals surface area contributed by atoms with Gasteiger partial charge in [-0.15, -0.1) is 0 Å². The Morgan fingerprint density at radius 3 is 2.75 bits per heavy atom. The van der Waals surface area contributed by atoms with Gasteiger partial charge in [0, 0.05) is 55.3 Å². The minimum atomic E-state index is -4.47. The Bertz CT molecular complexity index is 1610. The van der Waals surface area contributed by atoms with E-state index in [4.69, 9.17) is 14.4 Å². The van der Waals surface area contributed by atoms with Gasteiger partial charge in [-0.2, -0.15) is 23.5 Å². The Kier molecular flexibility index (Phi) is 6.50. The van der Waals surface area contributed by atoms with Crippen LogP contribution in [-0.4, -0.2) is 71.5 Å². The molecule has 0 atom stereocenters. The molecule has 2 aliphatic heterocycles. The summed E-state index contributed by atoms with van der Waals surface area (Å²) in [6.45, 7) is 1.23. The highest BCUT2D eigenvalue weighted by Gasteiger charge is 2.37. The van der Waals surface area contributed by atoms with Gasteiger partial charge in [0.05, 0.1) is 37.2 Å². The van der Waals surface area contributed by atoms with Crippen LogP contribution >= 0.6 is 0 Å². The van der Waals surface area contributed by atoms with E-state index >= 15 is 0 Å². The number of ether oxygens (including phenoxy) is 1. The fourth-order valence-corrected chi connectivity index (χ4v) is 5.53. The Balaban J connectivity index is 1.25. The number of amides is 1. The van der Waals surface area contributed by atoms with E-state index in [1.165, 1.54) is 7.11 Å². The summed E-state index contributed by atoms with van der Waals surface area (Å²) in [5.41, 5.74) is 4.99. The van der Waals surface area contributed by atoms with Crippen LogP contribution in [-0.2, 0) is 6.42 Å². The molecule has 1 saturated heterocycles. The Morgan fingerprint density at radius 1 is 1.18 bits per heavy atom. The number of aromatic nitrogens is 2. The smallest absolute Gasteiger partial charge is 0.406 e. The van der Waals surface area contributed by atoms with E-state index < -0.39 is 18.6 Å². The summed E-state index contributed by atoms with van der Waals surface area (Å²) in [4.78, 5) is 15.9. The maximum Gasteiger partial charge on any atom is 0.406 e. The maximum absolute atomic E-state index is 13.0. The van der Waals surface area contributed by atoms with Gasteiger partial charge in [0.1, 0.15) is 17.9 Å². The number of hydrogen-bond acceptors (Lipinski definition) is 6. The molecule has 2 aliphatic rings. The third kappa shape index (κ3) is 4.79. The molecule has 6 rings (SSSR count). The largest absolute Gasteiger partial charge is 0.496 e. The highest BCUT2D eigenvalue weighted by molar-refractivity contribution is 6.02. The number of rotatable bonds is 7. The van der Waals surface area contributed by atoms with Crippen LogP contribution in [0.25, 0.3) is 33.2 Å². The first-order valence-corrected chi connectivity index (χ1v) is 13.0. The molecule has 40 heavy (non-hydrogen) atoms. The highest BCUT2D eigenvalue weighted by Crippen LogP contribution is 2.39. The molecule has 0 unspecified atom stereocenters. The standard InChI is InChI=1S/C29H26F3N5O3/c1-39-26-11-20(9-19-5-8-36(17-29(30,31)32)28(38)27(19)26)24-16-40-25-10-18(3-4-23(24)25)21-12-34-37(13-21)22-14-35(15-22)7-2-6-33/h3-4,9-13,16,22H,2,5,7-8,14-15,17H2,1H3. The number of carbonyl (C=O) groups excluding carboxylic acids is 1. The monoisotopic (exact) mass is 549 g/mol. The number of likely N-dealkylation sites (tertiary alicyclic amines) is 1. The summed E-state index contributed by atoms with van der Waals surface area (Å²) in [5.74, 6) is -0.439. The van der Waals surface area contributed by atoms with E-state index in [2.05, 4.69) is 16.1 Å². The zero-order chi connectivity index (χ0) is 28.0. The molecular formula is C29H26F3N5O3. The van der Waals surface area contributed by atoms with Gasteiger partial charge in [-0.3, -0.25) is 14.4 Å². The lowest BCUT2D eigenvalue weighted by Crippen LogP contribution is -2.47. The minimum absolute atomic E-state index is 0.0140. The first-order valence-electron chi connectivity index (χ1n) is 13.0. The van der Waals surface area contributed by atoms with Crippen molar-refractivity contribution in [3.05, 3.63) is 60.1 Å². The molecule has 11 heteroatoms. The number of carbonyl (C=O) groups is 1. The summed E-state index contributed by atoms with van der Waals surface area (Å²) >= 11 is 0. The molecule has 0 spiro atoms. The van der Waals surface area contributed by atoms with Gasteiger partial charge in [-0.25, -0.2) is 0 Å². The fraction of sp³-hybridized carbons (Fsp3) is 0.345. The van der Waals surface area contributed by atoms with Crippen LogP contribution in [0.15, 0.2) is 53.4 Å². The van der Waals surface area contributed by atoms with Gasteiger partial charge >= 0.3 is 6.18 Å². The zero-order valence-electron chi connectivity index (χ0n) is 21.7. The van der Waals surface area contributed by atoms with Crippen LogP contribution in [0.4, 0.5) is 13.2 Å². The second kappa shape index (κ2) is 10.0. The molecule has 2 aromatic heterocycles. The highest BCUT2D eigenvalue weighted by atomic mass is 19.4. The molecular weight excluding hydrogens is 523 g/mol. The van der Waals surface area contributed by atoms with E-state index in [1.807, 2.05) is 41.3 Å². The lowest BCUT2D eigenvalue weighted by molar-refractivity contribution is -0.141. The van der Waals surface area contributed by atoms with Gasteiger partial charge in [0.25, 0.3) is 5.91 Å². The first-order chi connectivity index (χ1) is 19.2. The van der Waals surface area contributed by atoms with Crippen molar-refractivity contribution in [2.75, 3.05) is 39.8 Å². The van der Waals surface area contributed by atoms with Gasteiger partial charge in [0.15, 0.2) is 0 Å². The topological polar surface area (TPSA) is 87.5 Å². The molecule has 2 aromatic carbocycles. The number of methoxy groups -OCH3 is 1. The van der Waals surface area contributed by atoms with Gasteiger partial charge < -0.3 is 14.1 Å². The molecule has 206 valence electrons. The van der Waals surface area contributed by atoms with Gasteiger partial charge in [-0.05, 0) is 47.4 Å². The molecule has 0 aliphatic carbocycles. The zero-order valence-corrected chi connectivity index (χ0v) is 21.7. The van der Waals surface area contributed by atoms with Crippen LogP contribution in [0.1, 0.15) is 28.4 Å². The number of nitrogens with zero attached hydrogens (tertiary/aromatic N) is 5. The van der Waals surface area contributed by atoms with Crippen molar-refractivity contribution in [3.8, 4) is 34.1 Å². The molecule has 1 fully saturated rings. The molecule has 1 amide bonds. The molecule has 4 aromatic rings. The predicted molar refractivity (Wildman–Crippen MR) is 141 cm³/mol. The van der Waals surface area contributed by atoms with E-state index in [0.717, 1.165) is 52.2 Å². The Hall–Kier alpha value is -4.30. The van der Waals surface area contributed by atoms with Crippen LogP contribution in [0.5, 0.6) is 5.75 Å². The van der Waals surface area contributed by atoms with Crippen molar-refractivity contribution in [1.82, 2.24) is 19.6 Å². The molecule has 8 nitrogen and oxygen atoms in total. The van der Waals surface area contributed by atoms with Crippen molar-refractivity contribution in [3.63, 3.8) is 0 Å². The Labute approximate surface area is 228 Å².